The Labute approximate surface area is 141 Å². The summed E-state index contributed by atoms with van der Waals surface area (Å²) in [6.07, 6.45) is 1.87. The smallest absolute Gasteiger partial charge is 0.228 e. The van der Waals surface area contributed by atoms with E-state index in [1.807, 2.05) is 49.4 Å². The molecule has 0 unspecified atom stereocenters. The Hall–Kier alpha value is -2.54. The van der Waals surface area contributed by atoms with Crippen molar-refractivity contribution in [2.24, 2.45) is 0 Å². The maximum absolute atomic E-state index is 12.1. The lowest BCUT2D eigenvalue weighted by Crippen LogP contribution is -2.14. The van der Waals surface area contributed by atoms with Gasteiger partial charge >= 0.3 is 0 Å². The Kier molecular flexibility index (Phi) is 4.47. The van der Waals surface area contributed by atoms with Crippen molar-refractivity contribution in [1.29, 1.82) is 0 Å². The van der Waals surface area contributed by atoms with Crippen molar-refractivity contribution in [1.82, 2.24) is 20.2 Å². The number of anilines is 1. The highest BCUT2D eigenvalue weighted by atomic mass is 79.9. The Morgan fingerprint density at radius 1 is 1.22 bits per heavy atom. The van der Waals surface area contributed by atoms with Gasteiger partial charge in [0.1, 0.15) is 6.33 Å². The number of benzene rings is 2. The van der Waals surface area contributed by atoms with Gasteiger partial charge in [-0.3, -0.25) is 4.79 Å². The van der Waals surface area contributed by atoms with Gasteiger partial charge in [-0.2, -0.15) is 0 Å². The average molecular weight is 372 g/mol. The molecule has 3 aromatic rings. The average Bonchev–Trinajstić information content (AvgIpc) is 3.04. The summed E-state index contributed by atoms with van der Waals surface area (Å²) in [4.78, 5) is 12.1. The Bertz CT molecular complexity index is 815. The van der Waals surface area contributed by atoms with Gasteiger partial charge in [0.25, 0.3) is 0 Å². The molecule has 6 nitrogen and oxygen atoms in total. The lowest BCUT2D eigenvalue weighted by atomic mass is 10.1. The SMILES string of the molecule is Cc1cc(NC(=O)Cc2ccc(Br)cc2)ccc1-n1cnnn1. The van der Waals surface area contributed by atoms with E-state index in [9.17, 15) is 4.79 Å². The van der Waals surface area contributed by atoms with Gasteiger partial charge in [-0.1, -0.05) is 28.1 Å². The molecule has 1 N–H and O–H groups in total. The van der Waals surface area contributed by atoms with Crippen LogP contribution in [0.15, 0.2) is 53.3 Å². The van der Waals surface area contributed by atoms with Crippen LogP contribution >= 0.6 is 15.9 Å². The molecule has 0 saturated carbocycles. The van der Waals surface area contributed by atoms with E-state index < -0.39 is 0 Å². The minimum absolute atomic E-state index is 0.0538. The number of halogens is 1. The molecule has 1 amide bonds. The van der Waals surface area contributed by atoms with Crippen molar-refractivity contribution in [2.75, 3.05) is 5.32 Å². The van der Waals surface area contributed by atoms with Gasteiger partial charge in [-0.25, -0.2) is 4.68 Å². The molecule has 0 radical (unpaired) electrons. The van der Waals surface area contributed by atoms with Crippen molar-refractivity contribution in [2.45, 2.75) is 13.3 Å². The lowest BCUT2D eigenvalue weighted by Gasteiger charge is -2.09. The number of carbonyl (C=O) groups excluding carboxylic acids is 1. The van der Waals surface area contributed by atoms with Crippen molar-refractivity contribution in [3.8, 4) is 5.69 Å². The lowest BCUT2D eigenvalue weighted by molar-refractivity contribution is -0.115. The summed E-state index contributed by atoms with van der Waals surface area (Å²) in [5, 5.41) is 14.0. The van der Waals surface area contributed by atoms with Crippen LogP contribution in [0.25, 0.3) is 5.69 Å². The van der Waals surface area contributed by atoms with Crippen LogP contribution in [0.2, 0.25) is 0 Å². The van der Waals surface area contributed by atoms with E-state index in [2.05, 4.69) is 36.8 Å². The van der Waals surface area contributed by atoms with Crippen LogP contribution in [0, 0.1) is 6.92 Å². The molecule has 7 heteroatoms. The summed E-state index contributed by atoms with van der Waals surface area (Å²) >= 11 is 3.38. The number of carbonyl (C=O) groups is 1. The number of rotatable bonds is 4. The third-order valence-electron chi connectivity index (χ3n) is 3.35. The van der Waals surface area contributed by atoms with Crippen molar-refractivity contribution < 1.29 is 4.79 Å². The van der Waals surface area contributed by atoms with Crippen molar-refractivity contribution in [3.63, 3.8) is 0 Å². The zero-order valence-corrected chi connectivity index (χ0v) is 14.0. The van der Waals surface area contributed by atoms with Gasteiger partial charge in [0.2, 0.25) is 5.91 Å². The number of aryl methyl sites for hydroxylation is 1. The molecule has 0 aliphatic rings. The van der Waals surface area contributed by atoms with Crippen molar-refractivity contribution >= 4 is 27.5 Å². The summed E-state index contributed by atoms with van der Waals surface area (Å²) in [7, 11) is 0. The molecule has 0 bridgehead atoms. The molecule has 3 rings (SSSR count). The standard InChI is InChI=1S/C16H14BrN5O/c1-11-8-14(6-7-15(11)22-10-18-20-21-22)19-16(23)9-12-2-4-13(17)5-3-12/h2-8,10H,9H2,1H3,(H,19,23). The zero-order chi connectivity index (χ0) is 16.2. The normalized spacial score (nSPS) is 10.5. The second kappa shape index (κ2) is 6.70. The van der Waals surface area contributed by atoms with Gasteiger partial charge < -0.3 is 5.32 Å². The molecule has 23 heavy (non-hydrogen) atoms. The highest BCUT2D eigenvalue weighted by Gasteiger charge is 2.07. The molecule has 0 spiro atoms. The number of hydrogen-bond donors (Lipinski definition) is 1. The number of nitrogens with zero attached hydrogens (tertiary/aromatic N) is 4. The van der Waals surface area contributed by atoms with Crippen molar-refractivity contribution in [3.05, 3.63) is 64.4 Å². The van der Waals surface area contributed by atoms with Crippen LogP contribution in [0.5, 0.6) is 0 Å². The van der Waals surface area contributed by atoms with Crippen LogP contribution in [-0.2, 0) is 11.2 Å². The van der Waals surface area contributed by atoms with Gasteiger partial charge in [0.15, 0.2) is 0 Å². The van der Waals surface area contributed by atoms with E-state index in [-0.39, 0.29) is 5.91 Å². The first-order valence-corrected chi connectivity index (χ1v) is 7.79. The number of nitrogens with one attached hydrogen (secondary N) is 1. The van der Waals surface area contributed by atoms with E-state index in [0.717, 1.165) is 27.0 Å². The summed E-state index contributed by atoms with van der Waals surface area (Å²) < 4.78 is 2.58. The van der Waals surface area contributed by atoms with Gasteiger partial charge in [0.05, 0.1) is 12.1 Å². The molecule has 1 aromatic heterocycles. The number of amides is 1. The molecule has 2 aromatic carbocycles. The molecule has 0 aliphatic heterocycles. The monoisotopic (exact) mass is 371 g/mol. The Morgan fingerprint density at radius 2 is 2.00 bits per heavy atom. The van der Waals surface area contributed by atoms with Crippen LogP contribution in [-0.4, -0.2) is 26.1 Å². The van der Waals surface area contributed by atoms with E-state index in [0.29, 0.717) is 6.42 Å². The third kappa shape index (κ3) is 3.81. The second-order valence-electron chi connectivity index (χ2n) is 5.11. The topological polar surface area (TPSA) is 72.7 Å². The van der Waals surface area contributed by atoms with E-state index in [4.69, 9.17) is 0 Å². The highest BCUT2D eigenvalue weighted by molar-refractivity contribution is 9.10. The van der Waals surface area contributed by atoms with E-state index >= 15 is 0 Å². The molecule has 0 saturated heterocycles. The van der Waals surface area contributed by atoms with Crippen LogP contribution < -0.4 is 5.32 Å². The summed E-state index contributed by atoms with van der Waals surface area (Å²) in [5.74, 6) is -0.0538. The fourth-order valence-electron chi connectivity index (χ4n) is 2.25. The summed E-state index contributed by atoms with van der Waals surface area (Å²) in [5.41, 5.74) is 3.56. The minimum Gasteiger partial charge on any atom is -0.326 e. The number of aromatic nitrogens is 4. The predicted molar refractivity (Wildman–Crippen MR) is 90.4 cm³/mol. The molecular formula is C16H14BrN5O. The highest BCUT2D eigenvalue weighted by Crippen LogP contribution is 2.18. The van der Waals surface area contributed by atoms with Gasteiger partial charge in [-0.15, -0.1) is 5.10 Å². The third-order valence-corrected chi connectivity index (χ3v) is 3.88. The van der Waals surface area contributed by atoms with E-state index in [1.165, 1.54) is 6.33 Å². The number of hydrogen-bond acceptors (Lipinski definition) is 4. The first-order chi connectivity index (χ1) is 11.1. The zero-order valence-electron chi connectivity index (χ0n) is 12.4. The van der Waals surface area contributed by atoms with Gasteiger partial charge in [0, 0.05) is 10.2 Å². The molecule has 1 heterocycles. The molecule has 0 aliphatic carbocycles. The quantitative estimate of drug-likeness (QED) is 0.765. The Morgan fingerprint density at radius 3 is 2.65 bits per heavy atom. The Balaban J connectivity index is 1.69. The predicted octanol–water partition coefficient (Wildman–Crippen LogP) is 2.91. The van der Waals surface area contributed by atoms with Crippen LogP contribution in [0.4, 0.5) is 5.69 Å². The fourth-order valence-corrected chi connectivity index (χ4v) is 2.52. The maximum Gasteiger partial charge on any atom is 0.228 e. The number of tetrazole rings is 1. The molecule has 0 fully saturated rings. The van der Waals surface area contributed by atoms with Crippen LogP contribution in [0.3, 0.4) is 0 Å². The van der Waals surface area contributed by atoms with Gasteiger partial charge in [-0.05, 0) is 58.8 Å². The molecular weight excluding hydrogens is 358 g/mol. The summed E-state index contributed by atoms with van der Waals surface area (Å²) in [6, 6.07) is 13.3. The molecule has 0 atom stereocenters. The fraction of sp³-hybridized carbons (Fsp3) is 0.125. The maximum atomic E-state index is 12.1. The first-order valence-electron chi connectivity index (χ1n) is 7.00. The minimum atomic E-state index is -0.0538. The van der Waals surface area contributed by atoms with E-state index in [1.54, 1.807) is 4.68 Å². The largest absolute Gasteiger partial charge is 0.326 e. The second-order valence-corrected chi connectivity index (χ2v) is 6.02. The molecule has 116 valence electrons. The first kappa shape index (κ1) is 15.4. The summed E-state index contributed by atoms with van der Waals surface area (Å²) in [6.45, 7) is 1.95. The van der Waals surface area contributed by atoms with Crippen LogP contribution in [0.1, 0.15) is 11.1 Å².